The molecule has 1 N–H and O–H groups in total. The molecule has 0 saturated carbocycles. The third kappa shape index (κ3) is 4.38. The lowest BCUT2D eigenvalue weighted by Gasteiger charge is -2.32. The van der Waals surface area contributed by atoms with Crippen LogP contribution in [0, 0.1) is 17.6 Å². The van der Waals surface area contributed by atoms with Gasteiger partial charge in [0.05, 0.1) is 0 Å². The van der Waals surface area contributed by atoms with Gasteiger partial charge in [-0.15, -0.1) is 12.4 Å². The van der Waals surface area contributed by atoms with E-state index in [0.717, 1.165) is 37.9 Å². The van der Waals surface area contributed by atoms with Crippen molar-refractivity contribution >= 4 is 18.3 Å². The van der Waals surface area contributed by atoms with Gasteiger partial charge in [0.1, 0.15) is 17.2 Å². The Hall–Kier alpha value is -1.20. The van der Waals surface area contributed by atoms with E-state index in [-0.39, 0.29) is 12.4 Å². The second kappa shape index (κ2) is 8.29. The van der Waals surface area contributed by atoms with E-state index in [2.05, 4.69) is 5.32 Å². The number of nitrogens with one attached hydrogen (secondary N) is 1. The summed E-state index contributed by atoms with van der Waals surface area (Å²) in [6, 6.07) is 3.51. The first-order chi connectivity index (χ1) is 9.63. The molecule has 118 valence electrons. The average molecular weight is 319 g/mol. The SMILES string of the molecule is CNCCC1CCN(C(=O)c2c(F)cccc2F)CC1.Cl. The fourth-order valence-electron chi connectivity index (χ4n) is 2.63. The van der Waals surface area contributed by atoms with Crippen molar-refractivity contribution in [2.45, 2.75) is 19.3 Å². The highest BCUT2D eigenvalue weighted by atomic mass is 35.5. The average Bonchev–Trinajstić information content (AvgIpc) is 2.45. The molecule has 1 heterocycles. The van der Waals surface area contributed by atoms with Crippen molar-refractivity contribution in [2.24, 2.45) is 5.92 Å². The molecule has 3 nitrogen and oxygen atoms in total. The summed E-state index contributed by atoms with van der Waals surface area (Å²) in [7, 11) is 1.92. The maximum atomic E-state index is 13.6. The fraction of sp³-hybridized carbons (Fsp3) is 0.533. The van der Waals surface area contributed by atoms with Gasteiger partial charge in [0.15, 0.2) is 0 Å². The Labute approximate surface area is 130 Å². The van der Waals surface area contributed by atoms with Crippen LogP contribution < -0.4 is 5.32 Å². The molecule has 6 heteroatoms. The van der Waals surface area contributed by atoms with E-state index in [9.17, 15) is 13.6 Å². The normalized spacial score (nSPS) is 15.7. The smallest absolute Gasteiger partial charge is 0.259 e. The van der Waals surface area contributed by atoms with Gasteiger partial charge in [-0.1, -0.05) is 6.07 Å². The first-order valence-corrected chi connectivity index (χ1v) is 7.01. The first-order valence-electron chi connectivity index (χ1n) is 7.01. The molecule has 0 aromatic heterocycles. The van der Waals surface area contributed by atoms with E-state index in [1.807, 2.05) is 7.05 Å². The van der Waals surface area contributed by atoms with Gasteiger partial charge in [-0.05, 0) is 50.9 Å². The lowest BCUT2D eigenvalue weighted by atomic mass is 9.93. The number of nitrogens with zero attached hydrogens (tertiary/aromatic N) is 1. The summed E-state index contributed by atoms with van der Waals surface area (Å²) in [6.45, 7) is 2.10. The Morgan fingerprint density at radius 3 is 2.38 bits per heavy atom. The van der Waals surface area contributed by atoms with E-state index in [4.69, 9.17) is 0 Å². The molecule has 0 atom stereocenters. The van der Waals surface area contributed by atoms with Crippen molar-refractivity contribution in [3.05, 3.63) is 35.4 Å². The summed E-state index contributed by atoms with van der Waals surface area (Å²) < 4.78 is 27.2. The zero-order valence-electron chi connectivity index (χ0n) is 12.1. The number of carbonyl (C=O) groups is 1. The van der Waals surface area contributed by atoms with Gasteiger partial charge >= 0.3 is 0 Å². The van der Waals surface area contributed by atoms with Crippen molar-refractivity contribution in [3.63, 3.8) is 0 Å². The van der Waals surface area contributed by atoms with Crippen LogP contribution in [0.4, 0.5) is 8.78 Å². The highest BCUT2D eigenvalue weighted by Crippen LogP contribution is 2.23. The Morgan fingerprint density at radius 2 is 1.86 bits per heavy atom. The van der Waals surface area contributed by atoms with Crippen LogP contribution in [0.25, 0.3) is 0 Å². The highest BCUT2D eigenvalue weighted by molar-refractivity contribution is 5.94. The van der Waals surface area contributed by atoms with Crippen molar-refractivity contribution in [1.82, 2.24) is 10.2 Å². The Balaban J connectivity index is 0.00000220. The predicted molar refractivity (Wildman–Crippen MR) is 80.8 cm³/mol. The molecule has 1 amide bonds. The molecule has 0 unspecified atom stereocenters. The minimum absolute atomic E-state index is 0. The largest absolute Gasteiger partial charge is 0.338 e. The summed E-state index contributed by atoms with van der Waals surface area (Å²) in [4.78, 5) is 13.7. The van der Waals surface area contributed by atoms with Gasteiger partial charge in [-0.25, -0.2) is 8.78 Å². The summed E-state index contributed by atoms with van der Waals surface area (Å²) >= 11 is 0. The van der Waals surface area contributed by atoms with E-state index < -0.39 is 23.1 Å². The number of benzene rings is 1. The molecule has 1 aromatic carbocycles. The zero-order valence-corrected chi connectivity index (χ0v) is 12.9. The standard InChI is InChI=1S/C15H20F2N2O.ClH/c1-18-8-5-11-6-9-19(10-7-11)15(20)14-12(16)3-2-4-13(14)17;/h2-4,11,18H,5-10H2,1H3;1H. The van der Waals surface area contributed by atoms with Crippen LogP contribution in [0.3, 0.4) is 0 Å². The van der Waals surface area contributed by atoms with Crippen LogP contribution in [-0.4, -0.2) is 37.5 Å². The molecule has 0 aliphatic carbocycles. The molecule has 21 heavy (non-hydrogen) atoms. The highest BCUT2D eigenvalue weighted by Gasteiger charge is 2.27. The Morgan fingerprint density at radius 1 is 1.29 bits per heavy atom. The number of piperidine rings is 1. The molecule has 0 bridgehead atoms. The van der Waals surface area contributed by atoms with Crippen molar-refractivity contribution in [1.29, 1.82) is 0 Å². The van der Waals surface area contributed by atoms with Crippen LogP contribution >= 0.6 is 12.4 Å². The number of hydrogen-bond donors (Lipinski definition) is 1. The molecule has 1 fully saturated rings. The maximum Gasteiger partial charge on any atom is 0.259 e. The second-order valence-corrected chi connectivity index (χ2v) is 5.22. The monoisotopic (exact) mass is 318 g/mol. The van der Waals surface area contributed by atoms with Crippen LogP contribution in [0.1, 0.15) is 29.6 Å². The fourth-order valence-corrected chi connectivity index (χ4v) is 2.63. The van der Waals surface area contributed by atoms with Crippen molar-refractivity contribution in [3.8, 4) is 0 Å². The number of likely N-dealkylation sites (tertiary alicyclic amines) is 1. The molecular weight excluding hydrogens is 298 g/mol. The molecule has 1 saturated heterocycles. The van der Waals surface area contributed by atoms with E-state index in [0.29, 0.717) is 19.0 Å². The number of amides is 1. The maximum absolute atomic E-state index is 13.6. The van der Waals surface area contributed by atoms with Gasteiger partial charge in [-0.2, -0.15) is 0 Å². The van der Waals surface area contributed by atoms with Gasteiger partial charge in [0, 0.05) is 13.1 Å². The van der Waals surface area contributed by atoms with Crippen LogP contribution in [-0.2, 0) is 0 Å². The number of hydrogen-bond acceptors (Lipinski definition) is 2. The summed E-state index contributed by atoms with van der Waals surface area (Å²) in [5.41, 5.74) is -0.429. The van der Waals surface area contributed by atoms with Crippen molar-refractivity contribution in [2.75, 3.05) is 26.7 Å². The second-order valence-electron chi connectivity index (χ2n) is 5.22. The number of halogens is 3. The van der Waals surface area contributed by atoms with Crippen LogP contribution in [0.15, 0.2) is 18.2 Å². The van der Waals surface area contributed by atoms with Gasteiger partial charge in [0.25, 0.3) is 5.91 Å². The van der Waals surface area contributed by atoms with Gasteiger partial charge in [-0.3, -0.25) is 4.79 Å². The molecular formula is C15H21ClF2N2O. The minimum atomic E-state index is -0.785. The first kappa shape index (κ1) is 17.9. The minimum Gasteiger partial charge on any atom is -0.338 e. The predicted octanol–water partition coefficient (Wildman–Crippen LogP) is 2.85. The third-order valence-electron chi connectivity index (χ3n) is 3.88. The van der Waals surface area contributed by atoms with Gasteiger partial charge < -0.3 is 10.2 Å². The number of rotatable bonds is 4. The molecule has 1 aliphatic rings. The Bertz CT molecular complexity index is 456. The molecule has 1 aromatic rings. The lowest BCUT2D eigenvalue weighted by Crippen LogP contribution is -2.39. The number of carbonyl (C=O) groups excluding carboxylic acids is 1. The summed E-state index contributed by atoms with van der Waals surface area (Å²) in [5.74, 6) is -1.52. The topological polar surface area (TPSA) is 32.3 Å². The summed E-state index contributed by atoms with van der Waals surface area (Å²) in [5, 5.41) is 3.11. The van der Waals surface area contributed by atoms with Crippen LogP contribution in [0.2, 0.25) is 0 Å². The lowest BCUT2D eigenvalue weighted by molar-refractivity contribution is 0.0677. The molecule has 0 radical (unpaired) electrons. The van der Waals surface area contributed by atoms with Crippen molar-refractivity contribution < 1.29 is 13.6 Å². The van der Waals surface area contributed by atoms with E-state index in [1.165, 1.54) is 6.07 Å². The zero-order chi connectivity index (χ0) is 14.5. The molecule has 1 aliphatic heterocycles. The molecule has 2 rings (SSSR count). The van der Waals surface area contributed by atoms with Crippen LogP contribution in [0.5, 0.6) is 0 Å². The Kier molecular flexibility index (Phi) is 7.05. The van der Waals surface area contributed by atoms with E-state index >= 15 is 0 Å². The molecule has 0 spiro atoms. The quantitative estimate of drug-likeness (QED) is 0.926. The van der Waals surface area contributed by atoms with Gasteiger partial charge in [0.2, 0.25) is 0 Å². The van der Waals surface area contributed by atoms with E-state index in [1.54, 1.807) is 4.90 Å². The summed E-state index contributed by atoms with van der Waals surface area (Å²) in [6.07, 6.45) is 2.86. The third-order valence-corrected chi connectivity index (χ3v) is 3.88.